The molecule has 3 heterocycles. The topological polar surface area (TPSA) is 42.9 Å². The summed E-state index contributed by atoms with van der Waals surface area (Å²) in [6, 6.07) is 4.90. The van der Waals surface area contributed by atoms with Crippen molar-refractivity contribution in [1.82, 2.24) is 20.4 Å². The molecule has 1 aromatic rings. The Balaban J connectivity index is 1.49. The summed E-state index contributed by atoms with van der Waals surface area (Å²) in [6.45, 7) is 12.7. The van der Waals surface area contributed by atoms with Crippen LogP contribution in [0.5, 0.6) is 0 Å². The van der Waals surface area contributed by atoms with Gasteiger partial charge < -0.3 is 15.5 Å². The summed E-state index contributed by atoms with van der Waals surface area (Å²) in [5.41, 5.74) is 0. The molecule has 2 aliphatic rings. The van der Waals surface area contributed by atoms with Crippen molar-refractivity contribution in [3.63, 3.8) is 0 Å². The van der Waals surface area contributed by atoms with Crippen molar-refractivity contribution in [2.45, 2.75) is 45.6 Å². The first kappa shape index (κ1) is 21.6. The highest BCUT2D eigenvalue weighted by atomic mass is 32.1. The molecule has 0 radical (unpaired) electrons. The van der Waals surface area contributed by atoms with Crippen molar-refractivity contribution in [2.24, 2.45) is 16.8 Å². The van der Waals surface area contributed by atoms with E-state index in [0.717, 1.165) is 30.9 Å². The standard InChI is InChI=1S/C22H39N5S/c1-4-10-26-11-9-19(17-26)15-24-22(23-3)25-16-20(21-6-5-14-28-21)27-12-7-18(2)8-13-27/h5-6,14,18-20H,4,7-13,15-17H2,1-3H3,(H2,23,24,25). The maximum absolute atomic E-state index is 4.48. The molecule has 0 saturated carbocycles. The van der Waals surface area contributed by atoms with E-state index in [1.54, 1.807) is 0 Å². The van der Waals surface area contributed by atoms with Gasteiger partial charge in [0.25, 0.3) is 0 Å². The largest absolute Gasteiger partial charge is 0.356 e. The van der Waals surface area contributed by atoms with Crippen molar-refractivity contribution < 1.29 is 0 Å². The van der Waals surface area contributed by atoms with Gasteiger partial charge in [-0.1, -0.05) is 19.9 Å². The number of thiophene rings is 1. The lowest BCUT2D eigenvalue weighted by Crippen LogP contribution is -2.46. The van der Waals surface area contributed by atoms with Crippen molar-refractivity contribution in [1.29, 1.82) is 0 Å². The number of guanidine groups is 1. The van der Waals surface area contributed by atoms with E-state index in [-0.39, 0.29) is 0 Å². The van der Waals surface area contributed by atoms with Gasteiger partial charge in [0.2, 0.25) is 0 Å². The van der Waals surface area contributed by atoms with Gasteiger partial charge in [-0.05, 0) is 75.1 Å². The highest BCUT2D eigenvalue weighted by Gasteiger charge is 2.26. The minimum Gasteiger partial charge on any atom is -0.356 e. The van der Waals surface area contributed by atoms with Crippen LogP contribution in [0.25, 0.3) is 0 Å². The number of nitrogens with one attached hydrogen (secondary N) is 2. The van der Waals surface area contributed by atoms with E-state index in [0.29, 0.717) is 6.04 Å². The summed E-state index contributed by atoms with van der Waals surface area (Å²) in [5.74, 6) is 2.55. The number of likely N-dealkylation sites (tertiary alicyclic amines) is 2. The Labute approximate surface area is 175 Å². The van der Waals surface area contributed by atoms with Gasteiger partial charge in [-0.25, -0.2) is 0 Å². The van der Waals surface area contributed by atoms with Gasteiger partial charge in [0.1, 0.15) is 0 Å². The minimum atomic E-state index is 0.442. The van der Waals surface area contributed by atoms with Crippen molar-refractivity contribution in [2.75, 3.05) is 52.9 Å². The fourth-order valence-electron chi connectivity index (χ4n) is 4.48. The molecule has 5 nitrogen and oxygen atoms in total. The second kappa shape index (κ2) is 11.2. The van der Waals surface area contributed by atoms with E-state index in [1.807, 2.05) is 18.4 Å². The quantitative estimate of drug-likeness (QED) is 0.514. The Kier molecular flexibility index (Phi) is 8.62. The first-order valence-electron chi connectivity index (χ1n) is 11.1. The van der Waals surface area contributed by atoms with E-state index in [9.17, 15) is 0 Å². The maximum Gasteiger partial charge on any atom is 0.191 e. The zero-order valence-electron chi connectivity index (χ0n) is 18.0. The van der Waals surface area contributed by atoms with Crippen molar-refractivity contribution >= 4 is 17.3 Å². The predicted octanol–water partition coefficient (Wildman–Crippen LogP) is 3.42. The van der Waals surface area contributed by atoms with Crippen LogP contribution in [0.2, 0.25) is 0 Å². The fraction of sp³-hybridized carbons (Fsp3) is 0.773. The average molecular weight is 406 g/mol. The van der Waals surface area contributed by atoms with Crippen LogP contribution in [0, 0.1) is 11.8 Å². The highest BCUT2D eigenvalue weighted by Crippen LogP contribution is 2.29. The Morgan fingerprint density at radius 2 is 2.07 bits per heavy atom. The van der Waals surface area contributed by atoms with Crippen LogP contribution in [0.4, 0.5) is 0 Å². The molecule has 0 aliphatic carbocycles. The first-order valence-corrected chi connectivity index (χ1v) is 12.0. The summed E-state index contributed by atoms with van der Waals surface area (Å²) in [7, 11) is 1.89. The van der Waals surface area contributed by atoms with Crippen LogP contribution in [0.3, 0.4) is 0 Å². The molecule has 6 heteroatoms. The van der Waals surface area contributed by atoms with Gasteiger partial charge in [0.05, 0.1) is 6.04 Å². The lowest BCUT2D eigenvalue weighted by molar-refractivity contribution is 0.140. The number of piperidine rings is 1. The van der Waals surface area contributed by atoms with Crippen LogP contribution in [-0.4, -0.2) is 68.6 Å². The van der Waals surface area contributed by atoms with Crippen LogP contribution in [0.1, 0.15) is 50.4 Å². The molecule has 3 rings (SSSR count). The van der Waals surface area contributed by atoms with E-state index in [4.69, 9.17) is 0 Å². The lowest BCUT2D eigenvalue weighted by Gasteiger charge is -2.36. The third-order valence-corrected chi connectivity index (χ3v) is 7.26. The van der Waals surface area contributed by atoms with E-state index >= 15 is 0 Å². The summed E-state index contributed by atoms with van der Waals surface area (Å²) in [4.78, 5) is 11.2. The molecule has 0 bridgehead atoms. The number of nitrogens with zero attached hydrogens (tertiary/aromatic N) is 3. The minimum absolute atomic E-state index is 0.442. The van der Waals surface area contributed by atoms with Crippen LogP contribution in [0.15, 0.2) is 22.5 Å². The van der Waals surface area contributed by atoms with Gasteiger partial charge in [-0.3, -0.25) is 9.89 Å². The number of hydrogen-bond acceptors (Lipinski definition) is 4. The fourth-order valence-corrected chi connectivity index (χ4v) is 5.35. The molecule has 1 aromatic heterocycles. The molecule has 158 valence electrons. The third kappa shape index (κ3) is 6.19. The van der Waals surface area contributed by atoms with E-state index in [2.05, 4.69) is 56.8 Å². The SMILES string of the molecule is CCCN1CCC(CNC(=NC)NCC(c2cccs2)N2CCC(C)CC2)C1. The van der Waals surface area contributed by atoms with Crippen LogP contribution in [-0.2, 0) is 0 Å². The summed E-state index contributed by atoms with van der Waals surface area (Å²) >= 11 is 1.88. The van der Waals surface area contributed by atoms with Gasteiger partial charge >= 0.3 is 0 Å². The Morgan fingerprint density at radius 1 is 1.25 bits per heavy atom. The molecule has 28 heavy (non-hydrogen) atoms. The van der Waals surface area contributed by atoms with E-state index in [1.165, 1.54) is 63.3 Å². The molecule has 2 atom stereocenters. The second-order valence-electron chi connectivity index (χ2n) is 8.54. The van der Waals surface area contributed by atoms with Crippen molar-refractivity contribution in [3.8, 4) is 0 Å². The molecule has 2 saturated heterocycles. The molecule has 2 aliphatic heterocycles. The smallest absolute Gasteiger partial charge is 0.191 e. The lowest BCUT2D eigenvalue weighted by atomic mass is 9.97. The zero-order chi connectivity index (χ0) is 19.8. The highest BCUT2D eigenvalue weighted by molar-refractivity contribution is 7.10. The van der Waals surface area contributed by atoms with Crippen molar-refractivity contribution in [3.05, 3.63) is 22.4 Å². The van der Waals surface area contributed by atoms with E-state index < -0.39 is 0 Å². The Morgan fingerprint density at radius 3 is 2.75 bits per heavy atom. The molecule has 2 unspecified atom stereocenters. The maximum atomic E-state index is 4.48. The average Bonchev–Trinajstić information content (AvgIpc) is 3.38. The normalized spacial score (nSPS) is 23.8. The first-order chi connectivity index (χ1) is 13.7. The van der Waals surface area contributed by atoms with Gasteiger partial charge in [0.15, 0.2) is 5.96 Å². The molecular formula is C22H39N5S. The third-order valence-electron chi connectivity index (χ3n) is 6.29. The molecule has 2 fully saturated rings. The Bertz CT molecular complexity index is 580. The predicted molar refractivity (Wildman–Crippen MR) is 121 cm³/mol. The second-order valence-corrected chi connectivity index (χ2v) is 9.52. The monoisotopic (exact) mass is 405 g/mol. The summed E-state index contributed by atoms with van der Waals surface area (Å²) in [5, 5.41) is 9.40. The van der Waals surface area contributed by atoms with Gasteiger partial charge in [0, 0.05) is 31.6 Å². The molecule has 0 amide bonds. The Hall–Kier alpha value is -1.11. The number of rotatable bonds is 8. The molecule has 0 spiro atoms. The van der Waals surface area contributed by atoms with Crippen LogP contribution >= 0.6 is 11.3 Å². The van der Waals surface area contributed by atoms with Gasteiger partial charge in [-0.15, -0.1) is 11.3 Å². The number of aliphatic imine (C=N–C) groups is 1. The summed E-state index contributed by atoms with van der Waals surface area (Å²) in [6.07, 6.45) is 5.17. The van der Waals surface area contributed by atoms with Gasteiger partial charge in [-0.2, -0.15) is 0 Å². The molecular weight excluding hydrogens is 366 g/mol. The van der Waals surface area contributed by atoms with Crippen LogP contribution < -0.4 is 10.6 Å². The molecule has 0 aromatic carbocycles. The zero-order valence-corrected chi connectivity index (χ0v) is 18.8. The number of hydrogen-bond donors (Lipinski definition) is 2. The summed E-state index contributed by atoms with van der Waals surface area (Å²) < 4.78 is 0. The molecule has 2 N–H and O–H groups in total.